The Morgan fingerprint density at radius 2 is 2.20 bits per heavy atom. The molecule has 20 heavy (non-hydrogen) atoms. The van der Waals surface area contributed by atoms with Gasteiger partial charge in [-0.1, -0.05) is 12.1 Å². The minimum absolute atomic E-state index is 0.0417. The summed E-state index contributed by atoms with van der Waals surface area (Å²) >= 11 is 0. The molecule has 0 aromatic heterocycles. The van der Waals surface area contributed by atoms with Crippen molar-refractivity contribution in [1.29, 1.82) is 0 Å². The van der Waals surface area contributed by atoms with E-state index in [1.54, 1.807) is 0 Å². The van der Waals surface area contributed by atoms with Gasteiger partial charge in [-0.05, 0) is 31.0 Å². The van der Waals surface area contributed by atoms with Crippen LogP contribution in [0.15, 0.2) is 24.3 Å². The van der Waals surface area contributed by atoms with E-state index in [-0.39, 0.29) is 25.3 Å². The van der Waals surface area contributed by atoms with E-state index in [4.69, 9.17) is 5.11 Å². The maximum absolute atomic E-state index is 13.1. The molecule has 1 aromatic rings. The molecule has 1 unspecified atom stereocenters. The normalized spacial score (nSPS) is 23.9. The first-order valence-corrected chi connectivity index (χ1v) is 7.79. The van der Waals surface area contributed by atoms with Gasteiger partial charge in [-0.25, -0.2) is 17.1 Å². The second kappa shape index (κ2) is 5.14. The standard InChI is InChI=1S/C13H16FNO4S/c1-13(12(16)17)5-6-15(9-13)20(18,19)8-10-3-2-4-11(14)7-10/h2-4,7H,5-6,8-9H2,1H3,(H,16,17). The zero-order chi connectivity index (χ0) is 15.0. The lowest BCUT2D eigenvalue weighted by Crippen LogP contribution is -2.35. The SMILES string of the molecule is CC1(C(=O)O)CCN(S(=O)(=O)Cc2cccc(F)c2)C1. The molecule has 2 rings (SSSR count). The van der Waals surface area contributed by atoms with E-state index in [2.05, 4.69) is 0 Å². The minimum Gasteiger partial charge on any atom is -0.481 e. The summed E-state index contributed by atoms with van der Waals surface area (Å²) in [6.07, 6.45) is 0.282. The third-order valence-corrected chi connectivity index (χ3v) is 5.38. The zero-order valence-corrected chi connectivity index (χ0v) is 11.9. The van der Waals surface area contributed by atoms with Crippen LogP contribution in [-0.2, 0) is 20.6 Å². The van der Waals surface area contributed by atoms with Crippen LogP contribution in [-0.4, -0.2) is 36.9 Å². The highest BCUT2D eigenvalue weighted by Gasteiger charge is 2.44. The maximum atomic E-state index is 13.1. The number of halogens is 1. The highest BCUT2D eigenvalue weighted by atomic mass is 32.2. The summed E-state index contributed by atoms with van der Waals surface area (Å²) in [4.78, 5) is 11.1. The fourth-order valence-corrected chi connectivity index (χ4v) is 3.89. The highest BCUT2D eigenvalue weighted by Crippen LogP contribution is 2.32. The molecule has 0 amide bonds. The van der Waals surface area contributed by atoms with Gasteiger partial charge in [0.2, 0.25) is 10.0 Å². The summed E-state index contributed by atoms with van der Waals surface area (Å²) in [5.41, 5.74) is -0.691. The van der Waals surface area contributed by atoms with Crippen LogP contribution < -0.4 is 0 Å². The van der Waals surface area contributed by atoms with Crippen molar-refractivity contribution < 1.29 is 22.7 Å². The van der Waals surface area contributed by atoms with Gasteiger partial charge in [0.15, 0.2) is 0 Å². The van der Waals surface area contributed by atoms with Gasteiger partial charge in [-0.2, -0.15) is 0 Å². The molecule has 1 aliphatic rings. The Morgan fingerprint density at radius 1 is 1.50 bits per heavy atom. The second-order valence-electron chi connectivity index (χ2n) is 5.34. The smallest absolute Gasteiger partial charge is 0.310 e. The summed E-state index contributed by atoms with van der Waals surface area (Å²) in [5, 5.41) is 9.11. The van der Waals surface area contributed by atoms with Gasteiger partial charge < -0.3 is 5.11 Å². The molecule has 5 nitrogen and oxygen atoms in total. The van der Waals surface area contributed by atoms with Gasteiger partial charge in [0, 0.05) is 13.1 Å². The molecule has 1 aliphatic heterocycles. The van der Waals surface area contributed by atoms with Crippen molar-refractivity contribution in [2.24, 2.45) is 5.41 Å². The molecule has 1 fully saturated rings. The molecule has 110 valence electrons. The van der Waals surface area contributed by atoms with Crippen LogP contribution in [0.5, 0.6) is 0 Å². The molecule has 1 atom stereocenters. The van der Waals surface area contributed by atoms with E-state index in [0.717, 1.165) is 0 Å². The summed E-state index contributed by atoms with van der Waals surface area (Å²) in [5.74, 6) is -1.81. The first kappa shape index (κ1) is 14.9. The van der Waals surface area contributed by atoms with Crippen molar-refractivity contribution >= 4 is 16.0 Å². The average Bonchev–Trinajstić information content (AvgIpc) is 2.73. The molecule has 0 saturated carbocycles. The Labute approximate surface area is 117 Å². The lowest BCUT2D eigenvalue weighted by Gasteiger charge is -2.20. The Morgan fingerprint density at radius 3 is 2.75 bits per heavy atom. The van der Waals surface area contributed by atoms with Gasteiger partial charge in [0.05, 0.1) is 11.2 Å². The van der Waals surface area contributed by atoms with Crippen LogP contribution in [0.1, 0.15) is 18.9 Å². The lowest BCUT2D eigenvalue weighted by molar-refractivity contribution is -0.146. The van der Waals surface area contributed by atoms with Crippen LogP contribution in [0.2, 0.25) is 0 Å². The number of carbonyl (C=O) groups is 1. The number of hydrogen-bond donors (Lipinski definition) is 1. The van der Waals surface area contributed by atoms with Crippen LogP contribution >= 0.6 is 0 Å². The van der Waals surface area contributed by atoms with E-state index in [0.29, 0.717) is 5.56 Å². The molecule has 7 heteroatoms. The first-order valence-electron chi connectivity index (χ1n) is 6.19. The Balaban J connectivity index is 2.15. The van der Waals surface area contributed by atoms with Gasteiger partial charge in [-0.15, -0.1) is 0 Å². The number of rotatable bonds is 4. The largest absolute Gasteiger partial charge is 0.481 e. The van der Waals surface area contributed by atoms with E-state index in [9.17, 15) is 17.6 Å². The number of aliphatic carboxylic acids is 1. The van der Waals surface area contributed by atoms with Gasteiger partial charge in [0.25, 0.3) is 0 Å². The number of carboxylic acid groups (broad SMARTS) is 1. The van der Waals surface area contributed by atoms with Crippen molar-refractivity contribution in [3.63, 3.8) is 0 Å². The molecule has 0 aliphatic carbocycles. The Hall–Kier alpha value is -1.47. The number of carboxylic acids is 1. The van der Waals surface area contributed by atoms with Crippen molar-refractivity contribution in [3.05, 3.63) is 35.6 Å². The third-order valence-electron chi connectivity index (χ3n) is 3.59. The van der Waals surface area contributed by atoms with Crippen LogP contribution in [0.4, 0.5) is 4.39 Å². The van der Waals surface area contributed by atoms with Crippen molar-refractivity contribution in [2.75, 3.05) is 13.1 Å². The summed E-state index contributed by atoms with van der Waals surface area (Å²) in [6, 6.07) is 5.40. The molecular weight excluding hydrogens is 285 g/mol. The zero-order valence-electron chi connectivity index (χ0n) is 11.0. The topological polar surface area (TPSA) is 74.7 Å². The van der Waals surface area contributed by atoms with E-state index in [1.807, 2.05) is 0 Å². The predicted octanol–water partition coefficient (Wildman–Crippen LogP) is 1.45. The van der Waals surface area contributed by atoms with Crippen LogP contribution in [0, 0.1) is 11.2 Å². The molecule has 1 saturated heterocycles. The van der Waals surface area contributed by atoms with Gasteiger partial charge in [-0.3, -0.25) is 4.79 Å². The molecule has 0 bridgehead atoms. The minimum atomic E-state index is -3.63. The number of benzene rings is 1. The van der Waals surface area contributed by atoms with Crippen molar-refractivity contribution in [1.82, 2.24) is 4.31 Å². The fourth-order valence-electron chi connectivity index (χ4n) is 2.26. The summed E-state index contributed by atoms with van der Waals surface area (Å²) in [6.45, 7) is 1.67. The Kier molecular flexibility index (Phi) is 3.84. The van der Waals surface area contributed by atoms with Crippen molar-refractivity contribution in [3.8, 4) is 0 Å². The Bertz CT molecular complexity index is 631. The van der Waals surface area contributed by atoms with Gasteiger partial charge >= 0.3 is 5.97 Å². The molecule has 1 aromatic carbocycles. The van der Waals surface area contributed by atoms with E-state index < -0.39 is 27.2 Å². The third kappa shape index (κ3) is 2.99. The second-order valence-corrected chi connectivity index (χ2v) is 7.30. The molecule has 1 N–H and O–H groups in total. The van der Waals surface area contributed by atoms with Gasteiger partial charge in [0.1, 0.15) is 5.82 Å². The molecular formula is C13H16FNO4S. The first-order chi connectivity index (χ1) is 9.23. The summed E-state index contributed by atoms with van der Waals surface area (Å²) < 4.78 is 38.7. The van der Waals surface area contributed by atoms with Crippen molar-refractivity contribution in [2.45, 2.75) is 19.1 Å². The monoisotopic (exact) mass is 301 g/mol. The number of nitrogens with zero attached hydrogens (tertiary/aromatic N) is 1. The van der Waals surface area contributed by atoms with E-state index in [1.165, 1.54) is 35.5 Å². The average molecular weight is 301 g/mol. The van der Waals surface area contributed by atoms with E-state index >= 15 is 0 Å². The lowest BCUT2D eigenvalue weighted by atomic mass is 9.90. The number of sulfonamides is 1. The molecule has 0 radical (unpaired) electrons. The van der Waals surface area contributed by atoms with Crippen LogP contribution in [0.25, 0.3) is 0 Å². The molecule has 0 spiro atoms. The highest BCUT2D eigenvalue weighted by molar-refractivity contribution is 7.88. The quantitative estimate of drug-likeness (QED) is 0.913. The maximum Gasteiger partial charge on any atom is 0.310 e. The predicted molar refractivity (Wildman–Crippen MR) is 71.0 cm³/mol. The number of hydrogen-bond acceptors (Lipinski definition) is 3. The van der Waals surface area contributed by atoms with Crippen LogP contribution in [0.3, 0.4) is 0 Å². The molecule has 1 heterocycles. The summed E-state index contributed by atoms with van der Waals surface area (Å²) in [7, 11) is -3.63. The fraction of sp³-hybridized carbons (Fsp3) is 0.462.